The molecule has 2 N–H and O–H groups in total. The highest BCUT2D eigenvalue weighted by atomic mass is 16.3. The Labute approximate surface area is 236 Å². The molecule has 7 heteroatoms. The number of Topliss-reactive ketones (excluding diaryl/α,β-unsaturated/α-hetero) is 5. The van der Waals surface area contributed by atoms with Crippen molar-refractivity contribution in [1.82, 2.24) is 0 Å². The van der Waals surface area contributed by atoms with Crippen molar-refractivity contribution >= 4 is 28.9 Å². The highest BCUT2D eigenvalue weighted by molar-refractivity contribution is 6.32. The third-order valence-corrected chi connectivity index (χ3v) is 12.3. The number of aliphatic hydroxyl groups is 1. The van der Waals surface area contributed by atoms with Crippen LogP contribution in [0.4, 0.5) is 0 Å². The van der Waals surface area contributed by atoms with E-state index in [-0.39, 0.29) is 22.6 Å². The number of phenolic OH excluding ortho intramolecular Hbond substituents is 1. The van der Waals surface area contributed by atoms with Crippen LogP contribution in [0.2, 0.25) is 0 Å². The Bertz CT molecular complexity index is 1370. The molecule has 3 unspecified atom stereocenters. The maximum atomic E-state index is 14.6. The summed E-state index contributed by atoms with van der Waals surface area (Å²) in [6.07, 6.45) is 3.80. The molecule has 0 radical (unpaired) electrons. The van der Waals surface area contributed by atoms with Gasteiger partial charge in [-0.05, 0) is 53.9 Å². The second-order valence-electron chi connectivity index (χ2n) is 14.2. The fourth-order valence-corrected chi connectivity index (χ4v) is 9.71. The van der Waals surface area contributed by atoms with Gasteiger partial charge in [0.15, 0.2) is 28.7 Å². The average Bonchev–Trinajstić information content (AvgIpc) is 3.31. The summed E-state index contributed by atoms with van der Waals surface area (Å²) in [6, 6.07) is 3.80. The molecule has 8 atom stereocenters. The van der Waals surface area contributed by atoms with Crippen molar-refractivity contribution in [1.29, 1.82) is 0 Å². The molecule has 0 aromatic heterocycles. The van der Waals surface area contributed by atoms with Crippen LogP contribution < -0.4 is 0 Å². The molecule has 4 aliphatic carbocycles. The van der Waals surface area contributed by atoms with E-state index in [1.165, 1.54) is 0 Å². The van der Waals surface area contributed by atoms with Gasteiger partial charge in [-0.1, -0.05) is 73.4 Å². The van der Waals surface area contributed by atoms with E-state index in [9.17, 15) is 34.2 Å². The Morgan fingerprint density at radius 2 is 1.55 bits per heavy atom. The van der Waals surface area contributed by atoms with Gasteiger partial charge in [-0.15, -0.1) is 0 Å². The number of aromatic hydroxyl groups is 1. The van der Waals surface area contributed by atoms with Gasteiger partial charge in [-0.2, -0.15) is 0 Å². The lowest BCUT2D eigenvalue weighted by atomic mass is 9.35. The van der Waals surface area contributed by atoms with Gasteiger partial charge in [0, 0.05) is 16.9 Å². The summed E-state index contributed by atoms with van der Waals surface area (Å²) in [5, 5.41) is 23.9. The normalized spacial score (nSPS) is 40.6. The van der Waals surface area contributed by atoms with Crippen LogP contribution in [-0.4, -0.2) is 44.7 Å². The zero-order chi connectivity index (χ0) is 29.9. The van der Waals surface area contributed by atoms with Gasteiger partial charge in [-0.25, -0.2) is 0 Å². The van der Waals surface area contributed by atoms with Gasteiger partial charge in [-0.3, -0.25) is 24.0 Å². The highest BCUT2D eigenvalue weighted by Gasteiger charge is 2.79. The molecule has 3 saturated carbocycles. The van der Waals surface area contributed by atoms with E-state index in [1.807, 2.05) is 32.9 Å². The molecule has 0 bridgehead atoms. The molecular formula is C33H42O7. The molecule has 5 rings (SSSR count). The van der Waals surface area contributed by atoms with Crippen molar-refractivity contribution < 1.29 is 34.2 Å². The third kappa shape index (κ3) is 3.08. The molecule has 1 aromatic rings. The number of phenols is 1. The molecule has 4 aliphatic rings. The number of ketones is 5. The van der Waals surface area contributed by atoms with Crippen LogP contribution in [0.1, 0.15) is 108 Å². The van der Waals surface area contributed by atoms with Crippen molar-refractivity contribution in [3.8, 4) is 5.75 Å². The van der Waals surface area contributed by atoms with Crippen molar-refractivity contribution in [3.63, 3.8) is 0 Å². The van der Waals surface area contributed by atoms with Crippen LogP contribution in [0.5, 0.6) is 5.75 Å². The fourth-order valence-electron chi connectivity index (χ4n) is 9.71. The minimum Gasteiger partial charge on any atom is -0.507 e. The largest absolute Gasteiger partial charge is 0.507 e. The van der Waals surface area contributed by atoms with Gasteiger partial charge >= 0.3 is 0 Å². The highest BCUT2D eigenvalue weighted by Crippen LogP contribution is 2.69. The first-order valence-electron chi connectivity index (χ1n) is 14.7. The SMILES string of the molecule is CC(=O)C1C(=O)C(C(C)C)[C@@]2(C)[C@H](C)[C@]3(C)C(C(=O)c4c(ccc(C5(C)CCCC5)c4O)[C@H]3C)C(=O)[C@@]2(O)C1=O. The van der Waals surface area contributed by atoms with Crippen LogP contribution >= 0.6 is 0 Å². The maximum absolute atomic E-state index is 14.6. The van der Waals surface area contributed by atoms with E-state index >= 15 is 0 Å². The summed E-state index contributed by atoms with van der Waals surface area (Å²) in [5.74, 6) is -9.65. The quantitative estimate of drug-likeness (QED) is 0.521. The van der Waals surface area contributed by atoms with E-state index in [1.54, 1.807) is 20.8 Å². The van der Waals surface area contributed by atoms with Crippen LogP contribution in [-0.2, 0) is 24.6 Å². The second kappa shape index (κ2) is 8.67. The lowest BCUT2D eigenvalue weighted by Gasteiger charge is -2.66. The second-order valence-corrected chi connectivity index (χ2v) is 14.2. The summed E-state index contributed by atoms with van der Waals surface area (Å²) < 4.78 is 0. The topological polar surface area (TPSA) is 126 Å². The number of carbonyl (C=O) groups excluding carboxylic acids is 5. The smallest absolute Gasteiger partial charge is 0.190 e. The maximum Gasteiger partial charge on any atom is 0.190 e. The zero-order valence-electron chi connectivity index (χ0n) is 24.9. The molecule has 216 valence electrons. The minimum absolute atomic E-state index is 0.0937. The van der Waals surface area contributed by atoms with Crippen molar-refractivity contribution in [2.45, 2.75) is 98.0 Å². The van der Waals surface area contributed by atoms with Gasteiger partial charge in [0.2, 0.25) is 0 Å². The first-order valence-corrected chi connectivity index (χ1v) is 14.7. The predicted molar refractivity (Wildman–Crippen MR) is 148 cm³/mol. The van der Waals surface area contributed by atoms with E-state index in [0.29, 0.717) is 11.1 Å². The zero-order valence-corrected chi connectivity index (χ0v) is 24.9. The van der Waals surface area contributed by atoms with Gasteiger partial charge < -0.3 is 10.2 Å². The summed E-state index contributed by atoms with van der Waals surface area (Å²) in [6.45, 7) is 14.0. The Morgan fingerprint density at radius 1 is 0.975 bits per heavy atom. The van der Waals surface area contributed by atoms with Gasteiger partial charge in [0.1, 0.15) is 17.5 Å². The number of benzene rings is 1. The molecule has 0 heterocycles. The van der Waals surface area contributed by atoms with Crippen molar-refractivity contribution in [3.05, 3.63) is 28.8 Å². The van der Waals surface area contributed by atoms with Crippen LogP contribution in [0, 0.1) is 40.4 Å². The Balaban J connectivity index is 1.78. The number of rotatable bonds is 3. The van der Waals surface area contributed by atoms with E-state index in [2.05, 4.69) is 6.92 Å². The minimum atomic E-state index is -2.70. The lowest BCUT2D eigenvalue weighted by Crippen LogP contribution is -2.79. The first-order chi connectivity index (χ1) is 18.4. The summed E-state index contributed by atoms with van der Waals surface area (Å²) >= 11 is 0. The van der Waals surface area contributed by atoms with Crippen LogP contribution in [0.25, 0.3) is 0 Å². The summed E-state index contributed by atoms with van der Waals surface area (Å²) in [4.78, 5) is 69.3. The molecule has 7 nitrogen and oxygen atoms in total. The lowest BCUT2D eigenvalue weighted by molar-refractivity contribution is -0.222. The number of hydrogen-bond donors (Lipinski definition) is 2. The first kappa shape index (κ1) is 28.8. The Morgan fingerprint density at radius 3 is 2.08 bits per heavy atom. The molecule has 0 amide bonds. The monoisotopic (exact) mass is 550 g/mol. The van der Waals surface area contributed by atoms with Crippen molar-refractivity contribution in [2.75, 3.05) is 0 Å². The third-order valence-electron chi connectivity index (χ3n) is 12.3. The Kier molecular flexibility index (Phi) is 6.25. The molecule has 0 aliphatic heterocycles. The molecule has 0 spiro atoms. The van der Waals surface area contributed by atoms with Crippen LogP contribution in [0.3, 0.4) is 0 Å². The number of fused-ring (bicyclic) bond motifs is 3. The predicted octanol–water partition coefficient (Wildman–Crippen LogP) is 4.73. The summed E-state index contributed by atoms with van der Waals surface area (Å²) in [5.41, 5.74) is -4.19. The van der Waals surface area contributed by atoms with E-state index in [4.69, 9.17) is 0 Å². The Hall–Kier alpha value is -2.67. The summed E-state index contributed by atoms with van der Waals surface area (Å²) in [7, 11) is 0. The van der Waals surface area contributed by atoms with Gasteiger partial charge in [0.25, 0.3) is 0 Å². The molecule has 3 fully saturated rings. The molecule has 1 aromatic carbocycles. The molecule has 0 saturated heterocycles. The van der Waals surface area contributed by atoms with E-state index in [0.717, 1.165) is 32.6 Å². The number of hydrogen-bond acceptors (Lipinski definition) is 7. The fraction of sp³-hybridized carbons (Fsp3) is 0.667. The standard InChI is InChI=1S/C33H42O7/c1-15(2)23-26(36)21(17(4)34)28(38)33(40)29(39)24-27(37)22-19(16(3)31(24,7)18(5)32(23,33)8)11-12-20(25(22)35)30(6)13-9-10-14-30/h11-12,15-16,18,21,23-24,35,40H,9-10,13-14H2,1-8H3/t16-,18-,21?,23?,24?,31-,32-,33+/m1/s1. The average molecular weight is 551 g/mol. The van der Waals surface area contributed by atoms with Crippen LogP contribution in [0.15, 0.2) is 12.1 Å². The van der Waals surface area contributed by atoms with Gasteiger partial charge in [0.05, 0.1) is 11.5 Å². The number of carbonyl (C=O) groups is 5. The van der Waals surface area contributed by atoms with E-state index < -0.39 is 74.9 Å². The molecular weight excluding hydrogens is 508 g/mol. The molecule has 40 heavy (non-hydrogen) atoms. The van der Waals surface area contributed by atoms with Crippen molar-refractivity contribution in [2.24, 2.45) is 40.4 Å².